The Hall–Kier alpha value is -2.04. The van der Waals surface area contributed by atoms with Crippen molar-refractivity contribution in [1.29, 1.82) is 0 Å². The third-order valence-corrected chi connectivity index (χ3v) is 2.69. The number of hydrogen-bond donors (Lipinski definition) is 3. The first kappa shape index (κ1) is 17.0. The number of carbonyl (C=O) groups excluding carboxylic acids is 2. The van der Waals surface area contributed by atoms with Crippen molar-refractivity contribution in [2.45, 2.75) is 39.7 Å². The van der Waals surface area contributed by atoms with Gasteiger partial charge in [-0.15, -0.1) is 0 Å². The van der Waals surface area contributed by atoms with Crippen LogP contribution in [0, 0.1) is 0 Å². The lowest BCUT2D eigenvalue weighted by Gasteiger charge is -2.20. The summed E-state index contributed by atoms with van der Waals surface area (Å²) in [6, 6.07) is 7.33. The second kappa shape index (κ2) is 7.67. The summed E-state index contributed by atoms with van der Waals surface area (Å²) in [4.78, 5) is 23.8. The molecule has 5 heteroatoms. The number of rotatable bonds is 6. The molecule has 116 valence electrons. The molecular weight excluding hydrogens is 266 g/mol. The average Bonchev–Trinajstić information content (AvgIpc) is 2.37. The fourth-order valence-corrected chi connectivity index (χ4v) is 1.89. The van der Waals surface area contributed by atoms with Crippen LogP contribution in [0.2, 0.25) is 0 Å². The van der Waals surface area contributed by atoms with E-state index < -0.39 is 0 Å². The maximum Gasteiger partial charge on any atom is 0.253 e. The normalized spacial score (nSPS) is 10.9. The van der Waals surface area contributed by atoms with Gasteiger partial charge in [-0.05, 0) is 39.8 Å². The van der Waals surface area contributed by atoms with Crippen molar-refractivity contribution >= 4 is 17.5 Å². The van der Waals surface area contributed by atoms with E-state index in [9.17, 15) is 9.59 Å². The quantitative estimate of drug-likeness (QED) is 0.752. The summed E-state index contributed by atoms with van der Waals surface area (Å²) >= 11 is 0. The molecule has 5 nitrogen and oxygen atoms in total. The van der Waals surface area contributed by atoms with Crippen LogP contribution in [0.3, 0.4) is 0 Å². The van der Waals surface area contributed by atoms with Gasteiger partial charge in [0.25, 0.3) is 5.91 Å². The van der Waals surface area contributed by atoms with Gasteiger partial charge in [-0.3, -0.25) is 9.59 Å². The summed E-state index contributed by atoms with van der Waals surface area (Å²) < 4.78 is 0. The maximum absolute atomic E-state index is 12.1. The molecule has 0 heterocycles. The van der Waals surface area contributed by atoms with Crippen LogP contribution in [0.1, 0.15) is 44.5 Å². The fourth-order valence-electron chi connectivity index (χ4n) is 1.89. The molecule has 0 aliphatic carbocycles. The standard InChI is InChI=1S/C16H25N3O2/c1-5-17-13-9-7-6-8-12(13)15(21)18-11-10-14(20)19-16(2,3)4/h6-9,17H,5,10-11H2,1-4H3,(H,18,21)(H,19,20). The van der Waals surface area contributed by atoms with Gasteiger partial charge in [0.1, 0.15) is 0 Å². The Kier molecular flexibility index (Phi) is 6.21. The van der Waals surface area contributed by atoms with Crippen molar-refractivity contribution in [3.63, 3.8) is 0 Å². The molecule has 0 radical (unpaired) electrons. The molecular formula is C16H25N3O2. The van der Waals surface area contributed by atoms with Gasteiger partial charge in [-0.1, -0.05) is 12.1 Å². The molecule has 1 rings (SSSR count). The summed E-state index contributed by atoms with van der Waals surface area (Å²) in [5.74, 6) is -0.238. The first-order valence-corrected chi connectivity index (χ1v) is 7.25. The van der Waals surface area contributed by atoms with E-state index in [1.54, 1.807) is 6.07 Å². The SMILES string of the molecule is CCNc1ccccc1C(=O)NCCC(=O)NC(C)(C)C. The zero-order valence-corrected chi connectivity index (χ0v) is 13.2. The minimum absolute atomic E-state index is 0.0669. The largest absolute Gasteiger partial charge is 0.385 e. The second-order valence-corrected chi connectivity index (χ2v) is 5.88. The number of para-hydroxylation sites is 1. The van der Waals surface area contributed by atoms with Crippen LogP contribution in [0.25, 0.3) is 0 Å². The summed E-state index contributed by atoms with van der Waals surface area (Å²) in [7, 11) is 0. The molecule has 21 heavy (non-hydrogen) atoms. The van der Waals surface area contributed by atoms with Crippen LogP contribution in [-0.4, -0.2) is 30.4 Å². The van der Waals surface area contributed by atoms with Crippen LogP contribution < -0.4 is 16.0 Å². The highest BCUT2D eigenvalue weighted by Crippen LogP contribution is 2.14. The van der Waals surface area contributed by atoms with Crippen molar-refractivity contribution in [3.05, 3.63) is 29.8 Å². The van der Waals surface area contributed by atoms with E-state index in [0.29, 0.717) is 12.1 Å². The molecule has 0 saturated carbocycles. The highest BCUT2D eigenvalue weighted by atomic mass is 16.2. The van der Waals surface area contributed by atoms with Gasteiger partial charge in [0.05, 0.1) is 5.56 Å². The van der Waals surface area contributed by atoms with Gasteiger partial charge in [0.2, 0.25) is 5.91 Å². The molecule has 0 saturated heterocycles. The lowest BCUT2D eigenvalue weighted by Crippen LogP contribution is -2.42. The minimum atomic E-state index is -0.251. The van der Waals surface area contributed by atoms with E-state index in [-0.39, 0.29) is 23.8 Å². The molecule has 0 aromatic heterocycles. The number of nitrogens with one attached hydrogen (secondary N) is 3. The van der Waals surface area contributed by atoms with Gasteiger partial charge < -0.3 is 16.0 Å². The van der Waals surface area contributed by atoms with Crippen molar-refractivity contribution < 1.29 is 9.59 Å². The molecule has 3 N–H and O–H groups in total. The number of carbonyl (C=O) groups is 2. The molecule has 1 aromatic carbocycles. The smallest absolute Gasteiger partial charge is 0.253 e. The van der Waals surface area contributed by atoms with E-state index in [0.717, 1.165) is 12.2 Å². The molecule has 0 spiro atoms. The van der Waals surface area contributed by atoms with Gasteiger partial charge in [0.15, 0.2) is 0 Å². The third-order valence-electron chi connectivity index (χ3n) is 2.69. The van der Waals surface area contributed by atoms with E-state index in [4.69, 9.17) is 0 Å². The number of anilines is 1. The lowest BCUT2D eigenvalue weighted by molar-refractivity contribution is -0.122. The highest BCUT2D eigenvalue weighted by Gasteiger charge is 2.14. The predicted molar refractivity (Wildman–Crippen MR) is 85.5 cm³/mol. The average molecular weight is 291 g/mol. The highest BCUT2D eigenvalue weighted by molar-refractivity contribution is 5.99. The summed E-state index contributed by atoms with van der Waals surface area (Å²) in [5.41, 5.74) is 1.14. The Morgan fingerprint density at radius 2 is 1.81 bits per heavy atom. The van der Waals surface area contributed by atoms with E-state index in [1.807, 2.05) is 45.9 Å². The Morgan fingerprint density at radius 1 is 1.14 bits per heavy atom. The molecule has 0 aliphatic heterocycles. The number of benzene rings is 1. The van der Waals surface area contributed by atoms with Gasteiger partial charge in [0, 0.05) is 30.7 Å². The lowest BCUT2D eigenvalue weighted by atomic mass is 10.1. The predicted octanol–water partition coefficient (Wildman–Crippen LogP) is 2.15. The summed E-state index contributed by atoms with van der Waals surface area (Å²) in [6.07, 6.45) is 0.270. The van der Waals surface area contributed by atoms with Crippen molar-refractivity contribution in [2.24, 2.45) is 0 Å². The van der Waals surface area contributed by atoms with Gasteiger partial charge >= 0.3 is 0 Å². The Labute approximate surface area is 126 Å². The summed E-state index contributed by atoms with van der Waals surface area (Å²) in [5, 5.41) is 8.78. The topological polar surface area (TPSA) is 70.2 Å². The Balaban J connectivity index is 2.49. The molecule has 0 bridgehead atoms. The second-order valence-electron chi connectivity index (χ2n) is 5.88. The fraction of sp³-hybridized carbons (Fsp3) is 0.500. The zero-order chi connectivity index (χ0) is 15.9. The minimum Gasteiger partial charge on any atom is -0.385 e. The van der Waals surface area contributed by atoms with Crippen molar-refractivity contribution in [3.8, 4) is 0 Å². The monoisotopic (exact) mass is 291 g/mol. The van der Waals surface area contributed by atoms with Crippen LogP contribution >= 0.6 is 0 Å². The van der Waals surface area contributed by atoms with E-state index in [2.05, 4.69) is 16.0 Å². The molecule has 0 fully saturated rings. The van der Waals surface area contributed by atoms with E-state index >= 15 is 0 Å². The summed E-state index contributed by atoms with van der Waals surface area (Å²) in [6.45, 7) is 8.83. The molecule has 2 amide bonds. The number of hydrogen-bond acceptors (Lipinski definition) is 3. The molecule has 0 unspecified atom stereocenters. The van der Waals surface area contributed by atoms with Crippen LogP contribution in [0.4, 0.5) is 5.69 Å². The van der Waals surface area contributed by atoms with Crippen LogP contribution in [0.5, 0.6) is 0 Å². The Bertz CT molecular complexity index is 493. The first-order valence-electron chi connectivity index (χ1n) is 7.25. The first-order chi connectivity index (χ1) is 9.83. The van der Waals surface area contributed by atoms with Gasteiger partial charge in [-0.2, -0.15) is 0 Å². The zero-order valence-electron chi connectivity index (χ0n) is 13.2. The molecule has 1 aromatic rings. The van der Waals surface area contributed by atoms with Crippen LogP contribution in [0.15, 0.2) is 24.3 Å². The van der Waals surface area contributed by atoms with Crippen molar-refractivity contribution in [2.75, 3.05) is 18.4 Å². The Morgan fingerprint density at radius 3 is 2.43 bits per heavy atom. The van der Waals surface area contributed by atoms with E-state index in [1.165, 1.54) is 0 Å². The molecule has 0 atom stereocenters. The van der Waals surface area contributed by atoms with Crippen LogP contribution in [-0.2, 0) is 4.79 Å². The number of amides is 2. The molecule has 0 aliphatic rings. The maximum atomic E-state index is 12.1. The third kappa shape index (κ3) is 6.29. The van der Waals surface area contributed by atoms with Gasteiger partial charge in [-0.25, -0.2) is 0 Å². The van der Waals surface area contributed by atoms with Crippen molar-refractivity contribution in [1.82, 2.24) is 10.6 Å².